The molecule has 0 amide bonds. The van der Waals surface area contributed by atoms with Crippen LogP contribution < -0.4 is 0 Å². The second-order valence-corrected chi connectivity index (χ2v) is 8.83. The fraction of sp³-hybridized carbons (Fsp3) is 0.100. The molecule has 0 saturated carbocycles. The maximum atomic E-state index is 13.5. The van der Waals surface area contributed by atoms with Gasteiger partial charge in [0.15, 0.2) is 0 Å². The quantitative estimate of drug-likeness (QED) is 0.266. The number of H-pyrrole nitrogens is 1. The van der Waals surface area contributed by atoms with E-state index in [2.05, 4.69) is 4.98 Å². The molecule has 29 heavy (non-hydrogen) atoms. The van der Waals surface area contributed by atoms with Gasteiger partial charge in [0.2, 0.25) is 6.54 Å². The molecule has 0 radical (unpaired) electrons. The average molecular weight is 430 g/mol. The summed E-state index contributed by atoms with van der Waals surface area (Å²) in [5, 5.41) is 13.9. The number of rotatable bonds is 6. The molecule has 1 atom stereocenters. The van der Waals surface area contributed by atoms with Crippen molar-refractivity contribution in [1.29, 1.82) is 0 Å². The van der Waals surface area contributed by atoms with Gasteiger partial charge in [0.05, 0.1) is 11.6 Å². The average Bonchev–Trinajstić information content (AvgIpc) is 3.33. The molecular formula is C20H15FN2O4S2. The van der Waals surface area contributed by atoms with E-state index in [-0.39, 0.29) is 11.5 Å². The molecule has 1 unspecified atom stereocenters. The lowest BCUT2D eigenvalue weighted by atomic mass is 9.92. The predicted octanol–water partition coefficient (Wildman–Crippen LogP) is 4.96. The van der Waals surface area contributed by atoms with E-state index < -0.39 is 21.0 Å². The third-order valence-electron chi connectivity index (χ3n) is 4.72. The van der Waals surface area contributed by atoms with Crippen LogP contribution in [0.1, 0.15) is 16.4 Å². The Bertz CT molecular complexity index is 1280. The summed E-state index contributed by atoms with van der Waals surface area (Å²) in [5.41, 5.74) is 2.54. The Balaban J connectivity index is 2.02. The van der Waals surface area contributed by atoms with Gasteiger partial charge >= 0.3 is 10.2 Å². The third kappa shape index (κ3) is 3.79. The molecule has 4 rings (SSSR count). The number of nitro groups is 1. The van der Waals surface area contributed by atoms with Gasteiger partial charge in [-0.15, -0.1) is 15.2 Å². The summed E-state index contributed by atoms with van der Waals surface area (Å²) in [6.07, 6.45) is 0. The predicted molar refractivity (Wildman–Crippen MR) is 110 cm³/mol. The van der Waals surface area contributed by atoms with E-state index >= 15 is 0 Å². The fourth-order valence-corrected chi connectivity index (χ4v) is 4.82. The second-order valence-electron chi connectivity index (χ2n) is 6.51. The number of aromatic amines is 1. The summed E-state index contributed by atoms with van der Waals surface area (Å²) < 4.78 is 36.2. The van der Waals surface area contributed by atoms with Crippen molar-refractivity contribution in [2.45, 2.75) is 10.8 Å². The van der Waals surface area contributed by atoms with Crippen molar-refractivity contribution in [3.63, 3.8) is 0 Å². The zero-order valence-electron chi connectivity index (χ0n) is 14.9. The van der Waals surface area contributed by atoms with Crippen LogP contribution in [-0.4, -0.2) is 24.9 Å². The Morgan fingerprint density at radius 1 is 1.10 bits per heavy atom. The van der Waals surface area contributed by atoms with Crippen molar-refractivity contribution >= 4 is 32.5 Å². The van der Waals surface area contributed by atoms with Crippen LogP contribution in [0.2, 0.25) is 0 Å². The Labute approximate surface area is 170 Å². The van der Waals surface area contributed by atoms with Crippen molar-refractivity contribution in [3.05, 3.63) is 86.6 Å². The van der Waals surface area contributed by atoms with Gasteiger partial charge in [-0.1, -0.05) is 42.5 Å². The Hall–Kier alpha value is -3.04. The SMILES string of the molecule is O=[N+]([O-])CC(c1cccs1)c1c(-c2ccccc2)[nH]c2cc(S(=O)(=O)F)ccc12. The van der Waals surface area contributed by atoms with Gasteiger partial charge in [-0.3, -0.25) is 10.1 Å². The maximum absolute atomic E-state index is 13.5. The standard InChI is InChI=1S/C20H15FN2O4S2/c21-29(26,27)14-8-9-15-17(11-14)22-20(13-5-2-1-3-6-13)19(15)16(12-23(24)25)18-7-4-10-28-18/h1-11,16,22H,12H2. The lowest BCUT2D eigenvalue weighted by Gasteiger charge is -2.14. The molecule has 6 nitrogen and oxygen atoms in total. The van der Waals surface area contributed by atoms with Crippen LogP contribution in [0, 0.1) is 10.1 Å². The number of nitrogens with zero attached hydrogens (tertiary/aromatic N) is 1. The summed E-state index contributed by atoms with van der Waals surface area (Å²) in [6, 6.07) is 16.8. The highest BCUT2D eigenvalue weighted by Crippen LogP contribution is 2.40. The van der Waals surface area contributed by atoms with Gasteiger partial charge in [-0.05, 0) is 29.1 Å². The first-order valence-electron chi connectivity index (χ1n) is 8.65. The van der Waals surface area contributed by atoms with Crippen LogP contribution in [0.4, 0.5) is 3.89 Å². The number of benzene rings is 2. The molecule has 4 aromatic rings. The monoisotopic (exact) mass is 430 g/mol. The highest BCUT2D eigenvalue weighted by atomic mass is 32.3. The summed E-state index contributed by atoms with van der Waals surface area (Å²) in [6.45, 7) is -0.323. The van der Waals surface area contributed by atoms with E-state index in [1.165, 1.54) is 29.5 Å². The first-order chi connectivity index (χ1) is 13.8. The minimum atomic E-state index is -4.87. The number of aromatic nitrogens is 1. The molecule has 2 heterocycles. The molecule has 9 heteroatoms. The lowest BCUT2D eigenvalue weighted by Crippen LogP contribution is -2.13. The molecule has 148 valence electrons. The van der Waals surface area contributed by atoms with Gasteiger partial charge in [-0.2, -0.15) is 8.42 Å². The van der Waals surface area contributed by atoms with Crippen LogP contribution >= 0.6 is 11.3 Å². The first-order valence-corrected chi connectivity index (χ1v) is 10.9. The highest BCUT2D eigenvalue weighted by Gasteiger charge is 2.28. The van der Waals surface area contributed by atoms with E-state index in [0.717, 1.165) is 10.4 Å². The van der Waals surface area contributed by atoms with E-state index in [9.17, 15) is 22.4 Å². The van der Waals surface area contributed by atoms with E-state index in [4.69, 9.17) is 0 Å². The fourth-order valence-electron chi connectivity index (χ4n) is 3.51. The Kier molecular flexibility index (Phi) is 4.93. The van der Waals surface area contributed by atoms with Gasteiger partial charge < -0.3 is 4.98 Å². The van der Waals surface area contributed by atoms with Gasteiger partial charge in [0.1, 0.15) is 4.90 Å². The number of hydrogen-bond acceptors (Lipinski definition) is 5. The molecule has 0 bridgehead atoms. The van der Waals surface area contributed by atoms with Crippen LogP contribution in [0.5, 0.6) is 0 Å². The molecule has 2 aromatic carbocycles. The van der Waals surface area contributed by atoms with E-state index in [1.54, 1.807) is 0 Å². The number of nitrogens with one attached hydrogen (secondary N) is 1. The third-order valence-corrected chi connectivity index (χ3v) is 6.52. The smallest absolute Gasteiger partial charge is 0.332 e. The van der Waals surface area contributed by atoms with Gasteiger partial charge in [0, 0.05) is 26.3 Å². The van der Waals surface area contributed by atoms with E-state index in [1.807, 2.05) is 47.8 Å². The van der Waals surface area contributed by atoms with Crippen LogP contribution in [0.15, 0.2) is 70.9 Å². The molecule has 0 saturated heterocycles. The van der Waals surface area contributed by atoms with Crippen molar-refractivity contribution < 1.29 is 17.2 Å². The number of halogens is 1. The molecule has 0 fully saturated rings. The number of thiophene rings is 1. The summed E-state index contributed by atoms with van der Waals surface area (Å²) in [5.74, 6) is -0.540. The first kappa shape index (κ1) is 19.3. The minimum absolute atomic E-state index is 0.323. The summed E-state index contributed by atoms with van der Waals surface area (Å²) >= 11 is 1.42. The van der Waals surface area contributed by atoms with Crippen molar-refractivity contribution in [2.75, 3.05) is 6.54 Å². The normalized spacial score (nSPS) is 12.9. The van der Waals surface area contributed by atoms with Crippen molar-refractivity contribution in [1.82, 2.24) is 4.98 Å². The van der Waals surface area contributed by atoms with E-state index in [0.29, 0.717) is 22.2 Å². The molecule has 2 aromatic heterocycles. The van der Waals surface area contributed by atoms with Gasteiger partial charge in [0.25, 0.3) is 0 Å². The molecule has 0 aliphatic rings. The highest BCUT2D eigenvalue weighted by molar-refractivity contribution is 7.86. The topological polar surface area (TPSA) is 93.1 Å². The number of fused-ring (bicyclic) bond motifs is 1. The molecule has 1 N–H and O–H groups in total. The Morgan fingerprint density at radius 2 is 1.86 bits per heavy atom. The van der Waals surface area contributed by atoms with Gasteiger partial charge in [-0.25, -0.2) is 0 Å². The minimum Gasteiger partial charge on any atom is -0.354 e. The lowest BCUT2D eigenvalue weighted by molar-refractivity contribution is -0.481. The Morgan fingerprint density at radius 3 is 2.48 bits per heavy atom. The second kappa shape index (κ2) is 7.41. The van der Waals surface area contributed by atoms with Crippen molar-refractivity contribution in [3.8, 4) is 11.3 Å². The summed E-state index contributed by atoms with van der Waals surface area (Å²) in [7, 11) is -4.87. The molecule has 0 aliphatic heterocycles. The van der Waals surface area contributed by atoms with Crippen LogP contribution in [-0.2, 0) is 10.2 Å². The molecule has 0 spiro atoms. The largest absolute Gasteiger partial charge is 0.354 e. The van der Waals surface area contributed by atoms with Crippen molar-refractivity contribution in [2.24, 2.45) is 0 Å². The summed E-state index contributed by atoms with van der Waals surface area (Å²) in [4.78, 5) is 14.6. The molecule has 0 aliphatic carbocycles. The zero-order valence-corrected chi connectivity index (χ0v) is 16.5. The molecular weight excluding hydrogens is 415 g/mol. The van der Waals surface area contributed by atoms with Crippen LogP contribution in [0.3, 0.4) is 0 Å². The maximum Gasteiger partial charge on any atom is 0.332 e. The zero-order chi connectivity index (χ0) is 20.6. The van der Waals surface area contributed by atoms with Crippen LogP contribution in [0.25, 0.3) is 22.2 Å². The number of hydrogen-bond donors (Lipinski definition) is 1.